The molecule has 0 aromatic rings. The number of carbonyl (C=O) groups excluding carboxylic acids is 1. The van der Waals surface area contributed by atoms with Crippen LogP contribution in [0.1, 0.15) is 45.4 Å². The monoisotopic (exact) mass is 242 g/mol. The molecular weight excluding hydrogens is 220 g/mol. The summed E-state index contributed by atoms with van der Waals surface area (Å²) in [6.45, 7) is 2.78. The Bertz CT molecular complexity index is 287. The number of amides is 2. The fourth-order valence-electron chi connectivity index (χ4n) is 1.92. The van der Waals surface area contributed by atoms with Crippen molar-refractivity contribution in [1.29, 1.82) is 0 Å². The van der Waals surface area contributed by atoms with Gasteiger partial charge in [0.2, 0.25) is 0 Å². The maximum absolute atomic E-state index is 11.8. The summed E-state index contributed by atoms with van der Waals surface area (Å²) in [6, 6.07) is -0.275. The predicted octanol–water partition coefficient (Wildman–Crippen LogP) is 1.83. The molecule has 0 spiro atoms. The second-order valence-corrected chi connectivity index (χ2v) is 4.80. The highest BCUT2D eigenvalue weighted by molar-refractivity contribution is 5.87. The molecule has 0 bridgehead atoms. The van der Waals surface area contributed by atoms with Crippen molar-refractivity contribution in [2.45, 2.75) is 51.0 Å². The summed E-state index contributed by atoms with van der Waals surface area (Å²) in [5, 5.41) is 11.7. The molecule has 2 amide bonds. The number of nitrogens with zero attached hydrogens (tertiary/aromatic N) is 1. The summed E-state index contributed by atoms with van der Waals surface area (Å²) < 4.78 is 0. The van der Waals surface area contributed by atoms with E-state index < -0.39 is 11.5 Å². The predicted molar refractivity (Wildman–Crippen MR) is 64.9 cm³/mol. The fraction of sp³-hybridized carbons (Fsp3) is 0.833. The third-order valence-corrected chi connectivity index (χ3v) is 3.41. The lowest BCUT2D eigenvalue weighted by molar-refractivity contribution is -0.148. The van der Waals surface area contributed by atoms with E-state index in [1.54, 1.807) is 11.9 Å². The molecule has 98 valence electrons. The van der Waals surface area contributed by atoms with Crippen molar-refractivity contribution in [2.24, 2.45) is 0 Å². The second kappa shape index (κ2) is 5.89. The number of hydrogen-bond acceptors (Lipinski definition) is 2. The molecule has 5 nitrogen and oxygen atoms in total. The number of rotatable bonds is 6. The van der Waals surface area contributed by atoms with Crippen LogP contribution in [0.3, 0.4) is 0 Å². The van der Waals surface area contributed by atoms with Gasteiger partial charge in [-0.15, -0.1) is 0 Å². The highest BCUT2D eigenvalue weighted by Gasteiger charge is 2.46. The van der Waals surface area contributed by atoms with Crippen molar-refractivity contribution in [2.75, 3.05) is 13.6 Å². The Labute approximate surface area is 102 Å². The van der Waals surface area contributed by atoms with E-state index in [9.17, 15) is 9.59 Å². The molecule has 2 N–H and O–H groups in total. The number of aliphatic carboxylic acids is 1. The molecule has 0 heterocycles. The molecule has 0 aliphatic heterocycles. The van der Waals surface area contributed by atoms with Crippen LogP contribution in [0.4, 0.5) is 4.79 Å². The number of carbonyl (C=O) groups is 2. The second-order valence-electron chi connectivity index (χ2n) is 4.80. The van der Waals surface area contributed by atoms with Crippen LogP contribution in [0.2, 0.25) is 0 Å². The minimum absolute atomic E-state index is 0.275. The van der Waals surface area contributed by atoms with E-state index in [1.807, 2.05) is 0 Å². The van der Waals surface area contributed by atoms with Crippen LogP contribution in [0.15, 0.2) is 0 Å². The summed E-state index contributed by atoms with van der Waals surface area (Å²) in [5.41, 5.74) is -1.00. The third-order valence-electron chi connectivity index (χ3n) is 3.41. The van der Waals surface area contributed by atoms with Crippen LogP contribution in [-0.4, -0.2) is 41.1 Å². The largest absolute Gasteiger partial charge is 0.480 e. The van der Waals surface area contributed by atoms with Gasteiger partial charge in [-0.1, -0.05) is 19.8 Å². The van der Waals surface area contributed by atoms with Gasteiger partial charge in [0, 0.05) is 13.6 Å². The fourth-order valence-corrected chi connectivity index (χ4v) is 1.92. The Balaban J connectivity index is 2.39. The highest BCUT2D eigenvalue weighted by atomic mass is 16.4. The van der Waals surface area contributed by atoms with Crippen molar-refractivity contribution in [3.63, 3.8) is 0 Å². The van der Waals surface area contributed by atoms with Crippen molar-refractivity contribution >= 4 is 12.0 Å². The number of hydrogen-bond donors (Lipinski definition) is 2. The summed E-state index contributed by atoms with van der Waals surface area (Å²) >= 11 is 0. The first-order chi connectivity index (χ1) is 8.02. The zero-order valence-corrected chi connectivity index (χ0v) is 10.7. The quantitative estimate of drug-likeness (QED) is 0.698. The van der Waals surface area contributed by atoms with Crippen LogP contribution in [0.5, 0.6) is 0 Å². The van der Waals surface area contributed by atoms with Crippen LogP contribution in [0, 0.1) is 0 Å². The molecule has 1 rings (SSSR count). The zero-order chi connectivity index (χ0) is 12.9. The SMILES string of the molecule is CCCCCN(C)C(=O)NC1(C(=O)O)CCC1. The topological polar surface area (TPSA) is 69.6 Å². The Morgan fingerprint density at radius 1 is 1.35 bits per heavy atom. The number of nitrogens with one attached hydrogen (secondary N) is 1. The molecule has 5 heteroatoms. The number of carboxylic acids is 1. The molecule has 1 fully saturated rings. The third kappa shape index (κ3) is 3.35. The lowest BCUT2D eigenvalue weighted by Gasteiger charge is -2.39. The van der Waals surface area contributed by atoms with E-state index in [-0.39, 0.29) is 6.03 Å². The van der Waals surface area contributed by atoms with Crippen LogP contribution in [-0.2, 0) is 4.79 Å². The van der Waals surface area contributed by atoms with Crippen LogP contribution < -0.4 is 5.32 Å². The van der Waals surface area contributed by atoms with Gasteiger partial charge in [-0.05, 0) is 25.7 Å². The first-order valence-electron chi connectivity index (χ1n) is 6.28. The normalized spacial score (nSPS) is 17.1. The average molecular weight is 242 g/mol. The van der Waals surface area contributed by atoms with E-state index in [4.69, 9.17) is 5.11 Å². The Morgan fingerprint density at radius 2 is 2.00 bits per heavy atom. The van der Waals surface area contributed by atoms with E-state index >= 15 is 0 Å². The Morgan fingerprint density at radius 3 is 2.41 bits per heavy atom. The van der Waals surface area contributed by atoms with E-state index in [1.165, 1.54) is 0 Å². The number of carboxylic acid groups (broad SMARTS) is 1. The Hall–Kier alpha value is -1.26. The highest BCUT2D eigenvalue weighted by Crippen LogP contribution is 2.32. The van der Waals surface area contributed by atoms with Gasteiger partial charge in [0.25, 0.3) is 0 Å². The number of urea groups is 1. The van der Waals surface area contributed by atoms with E-state index in [0.717, 1.165) is 25.7 Å². The maximum Gasteiger partial charge on any atom is 0.329 e. The number of unbranched alkanes of at least 4 members (excludes halogenated alkanes) is 2. The van der Waals surface area contributed by atoms with E-state index in [0.29, 0.717) is 19.4 Å². The minimum atomic E-state index is -1.00. The van der Waals surface area contributed by atoms with Crippen LogP contribution in [0.25, 0.3) is 0 Å². The first kappa shape index (κ1) is 13.8. The van der Waals surface area contributed by atoms with Gasteiger partial charge in [-0.2, -0.15) is 0 Å². The molecule has 0 radical (unpaired) electrons. The van der Waals surface area contributed by atoms with Gasteiger partial charge in [0.05, 0.1) is 0 Å². The van der Waals surface area contributed by atoms with Crippen molar-refractivity contribution in [3.8, 4) is 0 Å². The van der Waals surface area contributed by atoms with Crippen molar-refractivity contribution in [3.05, 3.63) is 0 Å². The summed E-state index contributed by atoms with van der Waals surface area (Å²) in [5.74, 6) is -0.918. The summed E-state index contributed by atoms with van der Waals surface area (Å²) in [6.07, 6.45) is 5.09. The standard InChI is InChI=1S/C12H22N2O3/c1-3-4-5-9-14(2)11(17)13-12(10(15)16)7-6-8-12/h3-9H2,1-2H3,(H,13,17)(H,15,16). The molecular formula is C12H22N2O3. The molecule has 1 aliphatic carbocycles. The van der Waals surface area contributed by atoms with Gasteiger partial charge in [-0.3, -0.25) is 0 Å². The van der Waals surface area contributed by atoms with Crippen molar-refractivity contribution in [1.82, 2.24) is 10.2 Å². The molecule has 17 heavy (non-hydrogen) atoms. The van der Waals surface area contributed by atoms with Gasteiger partial charge < -0.3 is 15.3 Å². The first-order valence-corrected chi connectivity index (χ1v) is 6.28. The van der Waals surface area contributed by atoms with Gasteiger partial charge in [0.1, 0.15) is 5.54 Å². The molecule has 0 aromatic heterocycles. The average Bonchev–Trinajstić information content (AvgIpc) is 2.22. The lowest BCUT2D eigenvalue weighted by atomic mass is 9.77. The molecule has 1 aliphatic rings. The molecule has 0 saturated heterocycles. The Kier molecular flexibility index (Phi) is 4.78. The van der Waals surface area contributed by atoms with Gasteiger partial charge in [0.15, 0.2) is 0 Å². The van der Waals surface area contributed by atoms with Gasteiger partial charge in [-0.25, -0.2) is 9.59 Å². The molecule has 0 aromatic carbocycles. The molecule has 0 unspecified atom stereocenters. The summed E-state index contributed by atoms with van der Waals surface area (Å²) in [4.78, 5) is 24.5. The van der Waals surface area contributed by atoms with Crippen LogP contribution >= 0.6 is 0 Å². The smallest absolute Gasteiger partial charge is 0.329 e. The van der Waals surface area contributed by atoms with Gasteiger partial charge >= 0.3 is 12.0 Å². The summed E-state index contributed by atoms with van der Waals surface area (Å²) in [7, 11) is 1.71. The zero-order valence-electron chi connectivity index (χ0n) is 10.7. The van der Waals surface area contributed by atoms with E-state index in [2.05, 4.69) is 12.2 Å². The maximum atomic E-state index is 11.8. The lowest BCUT2D eigenvalue weighted by Crippen LogP contribution is -2.61. The molecule has 0 atom stereocenters. The van der Waals surface area contributed by atoms with Crippen molar-refractivity contribution < 1.29 is 14.7 Å². The minimum Gasteiger partial charge on any atom is -0.480 e. The molecule has 1 saturated carbocycles.